The van der Waals surface area contributed by atoms with Gasteiger partial charge >= 0.3 is 0 Å². The lowest BCUT2D eigenvalue weighted by molar-refractivity contribution is -0.119. The molecule has 2 N–H and O–H groups in total. The van der Waals surface area contributed by atoms with Crippen molar-refractivity contribution in [3.05, 3.63) is 0 Å². The Morgan fingerprint density at radius 1 is 1.44 bits per heavy atom. The van der Waals surface area contributed by atoms with Gasteiger partial charge in [-0.05, 0) is 36.9 Å². The van der Waals surface area contributed by atoms with Crippen LogP contribution in [0.3, 0.4) is 0 Å². The molecule has 1 aliphatic rings. The lowest BCUT2D eigenvalue weighted by Crippen LogP contribution is -2.41. The van der Waals surface area contributed by atoms with E-state index in [9.17, 15) is 4.79 Å². The average molecular weight is 243 g/mol. The number of hydrogen-bond donors (Lipinski definition) is 1. The minimum Gasteiger partial charge on any atom is -0.417 e. The van der Waals surface area contributed by atoms with Crippen molar-refractivity contribution in [3.8, 4) is 0 Å². The minimum atomic E-state index is -1.61. The molecule has 0 aromatic heterocycles. The SMILES string of the molecule is CC(C)(C)[Si](C)(C)OCC[C@@H]1C[C@@H]1C(N)=O. The van der Waals surface area contributed by atoms with E-state index in [1.807, 2.05) is 0 Å². The Kier molecular flexibility index (Phi) is 3.85. The third-order valence-electron chi connectivity index (χ3n) is 4.05. The van der Waals surface area contributed by atoms with Crippen LogP contribution in [0.15, 0.2) is 0 Å². The van der Waals surface area contributed by atoms with Crippen molar-refractivity contribution < 1.29 is 9.22 Å². The monoisotopic (exact) mass is 243 g/mol. The standard InChI is InChI=1S/C12H25NO2Si/c1-12(2,3)16(4,5)15-7-6-9-8-10(9)11(13)14/h9-10H,6-8H2,1-5H3,(H2,13,14)/t9-,10+/m1/s1. The fourth-order valence-corrected chi connectivity index (χ4v) is 2.66. The van der Waals surface area contributed by atoms with Gasteiger partial charge in [0.05, 0.1) is 0 Å². The van der Waals surface area contributed by atoms with E-state index < -0.39 is 8.32 Å². The van der Waals surface area contributed by atoms with Gasteiger partial charge in [0, 0.05) is 12.5 Å². The first kappa shape index (κ1) is 13.7. The molecule has 0 aromatic carbocycles. The van der Waals surface area contributed by atoms with Gasteiger partial charge in [-0.3, -0.25) is 4.79 Å². The summed E-state index contributed by atoms with van der Waals surface area (Å²) in [7, 11) is -1.61. The Bertz CT molecular complexity index is 271. The second-order valence-corrected chi connectivity index (χ2v) is 11.2. The third kappa shape index (κ3) is 3.32. The molecule has 0 bridgehead atoms. The Morgan fingerprint density at radius 2 is 2.00 bits per heavy atom. The molecule has 4 heteroatoms. The first-order valence-electron chi connectivity index (χ1n) is 6.08. The normalized spacial score (nSPS) is 25.6. The highest BCUT2D eigenvalue weighted by Gasteiger charge is 2.42. The van der Waals surface area contributed by atoms with E-state index in [-0.39, 0.29) is 16.9 Å². The van der Waals surface area contributed by atoms with E-state index in [1.165, 1.54) is 0 Å². The highest BCUT2D eigenvalue weighted by atomic mass is 28.4. The predicted molar refractivity (Wildman–Crippen MR) is 68.6 cm³/mol. The van der Waals surface area contributed by atoms with Gasteiger partial charge in [-0.15, -0.1) is 0 Å². The second-order valence-electron chi connectivity index (χ2n) is 6.40. The van der Waals surface area contributed by atoms with E-state index in [0.29, 0.717) is 5.92 Å². The van der Waals surface area contributed by atoms with Crippen molar-refractivity contribution in [2.24, 2.45) is 17.6 Å². The Morgan fingerprint density at radius 3 is 2.38 bits per heavy atom. The molecule has 0 aliphatic heterocycles. The van der Waals surface area contributed by atoms with Crippen LogP contribution >= 0.6 is 0 Å². The highest BCUT2D eigenvalue weighted by molar-refractivity contribution is 6.74. The summed E-state index contributed by atoms with van der Waals surface area (Å²) in [5.41, 5.74) is 5.24. The van der Waals surface area contributed by atoms with E-state index in [1.54, 1.807) is 0 Å². The van der Waals surface area contributed by atoms with Crippen LogP contribution in [0.4, 0.5) is 0 Å². The van der Waals surface area contributed by atoms with Crippen LogP contribution in [0.5, 0.6) is 0 Å². The zero-order valence-electron chi connectivity index (χ0n) is 11.2. The average Bonchev–Trinajstić information content (AvgIpc) is 2.81. The summed E-state index contributed by atoms with van der Waals surface area (Å²) in [4.78, 5) is 10.9. The molecule has 0 spiro atoms. The molecule has 0 heterocycles. The molecule has 0 unspecified atom stereocenters. The molecule has 0 saturated heterocycles. The molecule has 0 aromatic rings. The van der Waals surface area contributed by atoms with Gasteiger partial charge in [0.25, 0.3) is 0 Å². The molecule has 1 saturated carbocycles. The quantitative estimate of drug-likeness (QED) is 0.754. The van der Waals surface area contributed by atoms with Gasteiger partial charge in [-0.1, -0.05) is 20.8 Å². The van der Waals surface area contributed by atoms with Gasteiger partial charge in [-0.25, -0.2) is 0 Å². The largest absolute Gasteiger partial charge is 0.417 e. The Labute approximate surface area is 99.9 Å². The maximum Gasteiger partial charge on any atom is 0.220 e. The fourth-order valence-electron chi connectivity index (χ4n) is 1.60. The van der Waals surface area contributed by atoms with Crippen LogP contribution in [-0.4, -0.2) is 20.8 Å². The lowest BCUT2D eigenvalue weighted by atomic mass is 10.2. The summed E-state index contributed by atoms with van der Waals surface area (Å²) in [6.07, 6.45) is 1.95. The van der Waals surface area contributed by atoms with Gasteiger partial charge in [0.1, 0.15) is 0 Å². The molecular weight excluding hydrogens is 218 g/mol. The molecule has 2 atom stereocenters. The van der Waals surface area contributed by atoms with Gasteiger partial charge in [0.2, 0.25) is 5.91 Å². The molecule has 1 fully saturated rings. The van der Waals surface area contributed by atoms with E-state index in [4.69, 9.17) is 10.2 Å². The van der Waals surface area contributed by atoms with Crippen LogP contribution < -0.4 is 5.73 Å². The number of rotatable bonds is 5. The van der Waals surface area contributed by atoms with Crippen LogP contribution in [-0.2, 0) is 9.22 Å². The molecule has 0 radical (unpaired) electrons. The maximum absolute atomic E-state index is 10.9. The van der Waals surface area contributed by atoms with Crippen LogP contribution in [0, 0.1) is 11.8 Å². The van der Waals surface area contributed by atoms with Crippen molar-refractivity contribution in [1.82, 2.24) is 0 Å². The number of primary amides is 1. The van der Waals surface area contributed by atoms with Crippen LogP contribution in [0.1, 0.15) is 33.6 Å². The smallest absolute Gasteiger partial charge is 0.220 e. The molecule has 16 heavy (non-hydrogen) atoms. The lowest BCUT2D eigenvalue weighted by Gasteiger charge is -2.36. The van der Waals surface area contributed by atoms with Gasteiger partial charge in [-0.2, -0.15) is 0 Å². The minimum absolute atomic E-state index is 0.128. The zero-order chi connectivity index (χ0) is 12.6. The number of amides is 1. The highest BCUT2D eigenvalue weighted by Crippen LogP contribution is 2.42. The van der Waals surface area contributed by atoms with Crippen molar-refractivity contribution >= 4 is 14.2 Å². The predicted octanol–water partition coefficient (Wildman–Crippen LogP) is 2.52. The van der Waals surface area contributed by atoms with E-state index in [0.717, 1.165) is 19.4 Å². The topological polar surface area (TPSA) is 52.3 Å². The second kappa shape index (κ2) is 4.49. The van der Waals surface area contributed by atoms with Gasteiger partial charge in [0.15, 0.2) is 8.32 Å². The van der Waals surface area contributed by atoms with Crippen LogP contribution in [0.25, 0.3) is 0 Å². The van der Waals surface area contributed by atoms with E-state index in [2.05, 4.69) is 33.9 Å². The number of carbonyl (C=O) groups excluding carboxylic acids is 1. The molecular formula is C12H25NO2Si. The number of carbonyl (C=O) groups is 1. The van der Waals surface area contributed by atoms with Crippen LogP contribution in [0.2, 0.25) is 18.1 Å². The summed E-state index contributed by atoms with van der Waals surface area (Å²) in [5.74, 6) is 0.475. The fraction of sp³-hybridized carbons (Fsp3) is 0.917. The number of nitrogens with two attached hydrogens (primary N) is 1. The summed E-state index contributed by atoms with van der Waals surface area (Å²) in [6.45, 7) is 12.0. The first-order chi connectivity index (χ1) is 7.15. The Hall–Kier alpha value is -0.353. The molecule has 1 aliphatic carbocycles. The van der Waals surface area contributed by atoms with Crippen molar-refractivity contribution in [2.45, 2.75) is 51.7 Å². The summed E-state index contributed by atoms with van der Waals surface area (Å²) >= 11 is 0. The summed E-state index contributed by atoms with van der Waals surface area (Å²) in [6, 6.07) is 0. The molecule has 1 rings (SSSR count). The van der Waals surface area contributed by atoms with Crippen molar-refractivity contribution in [2.75, 3.05) is 6.61 Å². The first-order valence-corrected chi connectivity index (χ1v) is 8.99. The molecule has 1 amide bonds. The zero-order valence-corrected chi connectivity index (χ0v) is 12.2. The van der Waals surface area contributed by atoms with E-state index >= 15 is 0 Å². The molecule has 3 nitrogen and oxygen atoms in total. The maximum atomic E-state index is 10.9. The summed E-state index contributed by atoms with van der Waals surface area (Å²) in [5, 5.41) is 0.264. The van der Waals surface area contributed by atoms with Gasteiger partial charge < -0.3 is 10.2 Å². The number of hydrogen-bond acceptors (Lipinski definition) is 2. The Balaban J connectivity index is 2.24. The third-order valence-corrected chi connectivity index (χ3v) is 8.58. The van der Waals surface area contributed by atoms with Crippen molar-refractivity contribution in [1.29, 1.82) is 0 Å². The van der Waals surface area contributed by atoms with Crippen molar-refractivity contribution in [3.63, 3.8) is 0 Å². The summed E-state index contributed by atoms with van der Waals surface area (Å²) < 4.78 is 6.06. The molecule has 94 valence electrons.